The topological polar surface area (TPSA) is 169 Å². The quantitative estimate of drug-likeness (QED) is 0.230. The second-order valence-corrected chi connectivity index (χ2v) is 11.8. The molecule has 194 valence electrons. The highest BCUT2D eigenvalue weighted by Crippen LogP contribution is 2.48. The first-order valence-electron chi connectivity index (χ1n) is 11.0. The number of aromatic nitrogens is 2. The fourth-order valence-electron chi connectivity index (χ4n) is 3.83. The van der Waals surface area contributed by atoms with E-state index in [0.29, 0.717) is 4.88 Å². The first kappa shape index (κ1) is 25.9. The molecule has 0 fully saturated rings. The maximum absolute atomic E-state index is 13.6. The van der Waals surface area contributed by atoms with E-state index >= 15 is 0 Å². The van der Waals surface area contributed by atoms with Gasteiger partial charge in [0, 0.05) is 4.47 Å². The number of aromatic hydroxyl groups is 1. The zero-order valence-electron chi connectivity index (χ0n) is 19.4. The lowest BCUT2D eigenvalue weighted by Crippen LogP contribution is -2.34. The van der Waals surface area contributed by atoms with E-state index in [4.69, 9.17) is 10.5 Å². The van der Waals surface area contributed by atoms with Gasteiger partial charge >= 0.3 is 7.52 Å². The predicted octanol–water partition coefficient (Wildman–Crippen LogP) is 3.04. The fourth-order valence-corrected chi connectivity index (χ4v) is 6.25. The number of carbonyl (C=O) groups is 1. The molecule has 0 saturated carbocycles. The molecule has 5 N–H and O–H groups in total. The maximum atomic E-state index is 13.6. The molecule has 1 aliphatic heterocycles. The Balaban J connectivity index is 1.63. The number of rotatable bonds is 7. The smallest absolute Gasteiger partial charge is 0.346 e. The lowest BCUT2D eigenvalue weighted by Gasteiger charge is -2.23. The molecule has 0 bridgehead atoms. The first-order chi connectivity index (χ1) is 18.1. The van der Waals surface area contributed by atoms with Gasteiger partial charge in [0.25, 0.3) is 11.5 Å². The van der Waals surface area contributed by atoms with E-state index in [1.165, 1.54) is 34.2 Å². The van der Waals surface area contributed by atoms with Crippen LogP contribution in [0.5, 0.6) is 11.5 Å². The molecular formula is C24H19BrN5O6PS. The zero-order valence-corrected chi connectivity index (χ0v) is 22.7. The average molecular weight is 616 g/mol. The number of primary amides is 1. The number of fused-ring (bicyclic) bond motifs is 1. The van der Waals surface area contributed by atoms with Gasteiger partial charge in [0.1, 0.15) is 17.0 Å². The molecule has 0 aliphatic carbocycles. The van der Waals surface area contributed by atoms with Gasteiger partial charge in [-0.2, -0.15) is 9.86 Å². The van der Waals surface area contributed by atoms with Crippen LogP contribution in [0, 0.1) is 0 Å². The van der Waals surface area contributed by atoms with Gasteiger partial charge < -0.3 is 25.8 Å². The Bertz CT molecular complexity index is 1710. The van der Waals surface area contributed by atoms with Crippen LogP contribution in [0.15, 0.2) is 74.0 Å². The Hall–Kier alpha value is -3.77. The number of hydrogen-bond acceptors (Lipinski definition) is 8. The third kappa shape index (κ3) is 5.14. The summed E-state index contributed by atoms with van der Waals surface area (Å²) in [6, 6.07) is 15.0. The molecule has 0 radical (unpaired) electrons. The van der Waals surface area contributed by atoms with Crippen molar-refractivity contribution in [3.05, 3.63) is 85.9 Å². The van der Waals surface area contributed by atoms with Gasteiger partial charge in [0.05, 0.1) is 22.4 Å². The summed E-state index contributed by atoms with van der Waals surface area (Å²) in [6.45, 7) is -0.338. The summed E-state index contributed by atoms with van der Waals surface area (Å²) in [5, 5.41) is 20.2. The van der Waals surface area contributed by atoms with E-state index in [2.05, 4.69) is 31.1 Å². The van der Waals surface area contributed by atoms with Gasteiger partial charge in [-0.1, -0.05) is 34.1 Å². The second-order valence-electron chi connectivity index (χ2n) is 8.19. The zero-order chi connectivity index (χ0) is 27.0. The van der Waals surface area contributed by atoms with Crippen LogP contribution >= 0.6 is 34.8 Å². The summed E-state index contributed by atoms with van der Waals surface area (Å²) in [6.07, 6.45) is 0. The molecule has 14 heteroatoms. The van der Waals surface area contributed by atoms with Crippen LogP contribution in [0.4, 0.5) is 5.69 Å². The normalized spacial score (nSPS) is 16.3. The molecular weight excluding hydrogens is 597 g/mol. The number of carbonyl (C=O) groups excluding carboxylic acids is 1. The number of ether oxygens (including phenoxy) is 1. The van der Waals surface area contributed by atoms with Crippen LogP contribution in [-0.2, 0) is 15.9 Å². The van der Waals surface area contributed by atoms with E-state index in [9.17, 15) is 24.2 Å². The number of halogens is 1. The maximum Gasteiger partial charge on any atom is 0.346 e. The summed E-state index contributed by atoms with van der Waals surface area (Å²) < 4.78 is 24.4. The van der Waals surface area contributed by atoms with E-state index in [1.807, 2.05) is 24.3 Å². The summed E-state index contributed by atoms with van der Waals surface area (Å²) in [5.74, 6) is -1.32. The molecule has 5 rings (SSSR count). The Morgan fingerprint density at radius 3 is 2.74 bits per heavy atom. The molecule has 38 heavy (non-hydrogen) atoms. The van der Waals surface area contributed by atoms with Crippen LogP contribution in [0.1, 0.15) is 11.1 Å². The molecule has 3 heterocycles. The fraction of sp³-hybridized carbons (Fsp3) is 0.0833. The summed E-state index contributed by atoms with van der Waals surface area (Å²) >= 11 is 4.72. The number of nitrogens with one attached hydrogen (secondary N) is 1. The summed E-state index contributed by atoms with van der Waals surface area (Å²) in [7, 11) is -4.43. The lowest BCUT2D eigenvalue weighted by atomic mass is 10.1. The monoisotopic (exact) mass is 615 g/mol. The van der Waals surface area contributed by atoms with Gasteiger partial charge in [0.15, 0.2) is 18.2 Å². The number of amidine groups is 1. The van der Waals surface area contributed by atoms with Gasteiger partial charge in [0.2, 0.25) is 0 Å². The number of hydrogen-bond donors (Lipinski definition) is 4. The second kappa shape index (κ2) is 10.2. The van der Waals surface area contributed by atoms with Crippen molar-refractivity contribution in [2.24, 2.45) is 10.5 Å². The highest BCUT2D eigenvalue weighted by atomic mass is 79.9. The highest BCUT2D eigenvalue weighted by Gasteiger charge is 2.34. The number of thiophene rings is 1. The molecule has 2 aromatic carbocycles. The van der Waals surface area contributed by atoms with E-state index in [1.54, 1.807) is 17.5 Å². The molecule has 1 aliphatic rings. The molecule has 1 unspecified atom stereocenters. The van der Waals surface area contributed by atoms with Crippen molar-refractivity contribution in [2.75, 3.05) is 11.9 Å². The van der Waals surface area contributed by atoms with Crippen LogP contribution in [0.3, 0.4) is 0 Å². The van der Waals surface area contributed by atoms with Crippen LogP contribution < -0.4 is 26.7 Å². The van der Waals surface area contributed by atoms with E-state index in [-0.39, 0.29) is 40.4 Å². The van der Waals surface area contributed by atoms with E-state index < -0.39 is 31.3 Å². The van der Waals surface area contributed by atoms with Gasteiger partial charge in [-0.3, -0.25) is 14.2 Å². The number of amides is 1. The summed E-state index contributed by atoms with van der Waals surface area (Å²) in [5.41, 5.74) is 5.16. The summed E-state index contributed by atoms with van der Waals surface area (Å²) in [4.78, 5) is 36.0. The number of benzene rings is 2. The predicted molar refractivity (Wildman–Crippen MR) is 147 cm³/mol. The van der Waals surface area contributed by atoms with Gasteiger partial charge in [-0.05, 0) is 47.3 Å². The highest BCUT2D eigenvalue weighted by molar-refractivity contribution is 9.10. The molecule has 11 nitrogen and oxygen atoms in total. The minimum Gasteiger partial charge on any atom is -0.505 e. The minimum atomic E-state index is -4.43. The minimum absolute atomic E-state index is 0.0745. The number of nitrogens with zero attached hydrogens (tertiary/aromatic N) is 3. The Labute approximate surface area is 227 Å². The molecule has 0 spiro atoms. The number of nitrogens with two attached hydrogens (primary N) is 1. The molecule has 1 amide bonds. The largest absolute Gasteiger partial charge is 0.505 e. The van der Waals surface area contributed by atoms with Crippen LogP contribution in [0.25, 0.3) is 10.6 Å². The van der Waals surface area contributed by atoms with Crippen molar-refractivity contribution >= 4 is 57.5 Å². The standard InChI is InChI=1S/C24H19BrN5O6PS/c25-14-4-1-3-13(9-14)11-30-24(33)20(22(32)21(28-30)18-5-2-8-38-18)23-27-16-7-6-15(36-12-19(26)31)10-17(16)37(34,35)29-23/h1-10,32H,11-12H2,(H2,26,31)(H2,27,29,34,35). The molecule has 2 aromatic heterocycles. The van der Waals surface area contributed by atoms with E-state index in [0.717, 1.165) is 10.0 Å². The Kier molecular flexibility index (Phi) is 6.93. The van der Waals surface area contributed by atoms with Crippen molar-refractivity contribution in [2.45, 2.75) is 6.54 Å². The third-order valence-electron chi connectivity index (χ3n) is 5.50. The molecule has 0 saturated heterocycles. The Morgan fingerprint density at radius 1 is 1.21 bits per heavy atom. The lowest BCUT2D eigenvalue weighted by molar-refractivity contribution is -0.119. The molecule has 1 atom stereocenters. The SMILES string of the molecule is NC(=O)COc1ccc2c(c1)P(=O)(O)N=C(c1c(O)c(-c3cccs3)nn(Cc3cccc(Br)c3)c1=O)N2. The van der Waals surface area contributed by atoms with Gasteiger partial charge in [-0.25, -0.2) is 4.68 Å². The van der Waals surface area contributed by atoms with Crippen LogP contribution in [-0.4, -0.2) is 38.1 Å². The van der Waals surface area contributed by atoms with Crippen molar-refractivity contribution in [1.82, 2.24) is 9.78 Å². The van der Waals surface area contributed by atoms with Crippen molar-refractivity contribution in [1.29, 1.82) is 0 Å². The average Bonchev–Trinajstić information content (AvgIpc) is 3.39. The third-order valence-corrected chi connectivity index (χ3v) is 8.33. The Morgan fingerprint density at radius 2 is 2.03 bits per heavy atom. The van der Waals surface area contributed by atoms with Crippen molar-refractivity contribution in [3.8, 4) is 22.1 Å². The first-order valence-corrected chi connectivity index (χ1v) is 14.3. The molecule has 4 aromatic rings. The van der Waals surface area contributed by atoms with Crippen molar-refractivity contribution in [3.63, 3.8) is 0 Å². The van der Waals surface area contributed by atoms with Crippen molar-refractivity contribution < 1.29 is 24.1 Å². The number of anilines is 1. The van der Waals surface area contributed by atoms with Gasteiger partial charge in [-0.15, -0.1) is 11.3 Å². The van der Waals surface area contributed by atoms with Crippen LogP contribution in [0.2, 0.25) is 0 Å².